The molecule has 2 fully saturated rings. The molecule has 3 heterocycles. The van der Waals surface area contributed by atoms with Gasteiger partial charge in [0.05, 0.1) is 11.6 Å². The molecule has 0 spiro atoms. The largest absolute Gasteiger partial charge is 0.353 e. The fraction of sp³-hybridized carbons (Fsp3) is 0.444. The van der Waals surface area contributed by atoms with Gasteiger partial charge in [0.2, 0.25) is 5.91 Å². The van der Waals surface area contributed by atoms with Gasteiger partial charge in [0, 0.05) is 37.1 Å². The first-order chi connectivity index (χ1) is 12.2. The molecule has 25 heavy (non-hydrogen) atoms. The Kier molecular flexibility index (Phi) is 4.21. The van der Waals surface area contributed by atoms with Gasteiger partial charge in [-0.3, -0.25) is 19.7 Å². The maximum absolute atomic E-state index is 12.8. The molecule has 130 valence electrons. The number of nitrogens with zero attached hydrogens (tertiary/aromatic N) is 3. The standard InChI is InChI=1S/C18H21N5O2/c24-17(20-14-5-6-14)13-4-2-8-23(11-13)18(25)16-9-15(21-22-16)12-3-1-7-19-10-12/h1,3,7,9-10,13-14H,2,4-6,8,11H2,(H,20,24)(H,21,22). The number of amides is 2. The van der Waals surface area contributed by atoms with Crippen LogP contribution in [0.2, 0.25) is 0 Å². The molecular formula is C18H21N5O2. The Balaban J connectivity index is 1.43. The summed E-state index contributed by atoms with van der Waals surface area (Å²) in [4.78, 5) is 30.8. The Morgan fingerprint density at radius 3 is 2.92 bits per heavy atom. The van der Waals surface area contributed by atoms with E-state index in [0.29, 0.717) is 30.5 Å². The fourth-order valence-electron chi connectivity index (χ4n) is 3.19. The van der Waals surface area contributed by atoms with Gasteiger partial charge >= 0.3 is 0 Å². The quantitative estimate of drug-likeness (QED) is 0.885. The van der Waals surface area contributed by atoms with Crippen molar-refractivity contribution in [2.24, 2.45) is 5.92 Å². The van der Waals surface area contributed by atoms with E-state index in [2.05, 4.69) is 20.5 Å². The van der Waals surface area contributed by atoms with Crippen molar-refractivity contribution in [3.63, 3.8) is 0 Å². The lowest BCUT2D eigenvalue weighted by molar-refractivity contribution is -0.126. The molecule has 7 nitrogen and oxygen atoms in total. The Morgan fingerprint density at radius 2 is 2.16 bits per heavy atom. The highest BCUT2D eigenvalue weighted by Crippen LogP contribution is 2.23. The number of piperidine rings is 1. The van der Waals surface area contributed by atoms with Crippen LogP contribution in [0.25, 0.3) is 11.3 Å². The molecular weight excluding hydrogens is 318 g/mol. The smallest absolute Gasteiger partial charge is 0.271 e. The number of aromatic nitrogens is 3. The lowest BCUT2D eigenvalue weighted by atomic mass is 9.97. The molecule has 2 N–H and O–H groups in total. The van der Waals surface area contributed by atoms with Crippen molar-refractivity contribution in [1.29, 1.82) is 0 Å². The van der Waals surface area contributed by atoms with Crippen molar-refractivity contribution in [2.75, 3.05) is 13.1 Å². The summed E-state index contributed by atoms with van der Waals surface area (Å²) in [6.07, 6.45) is 7.25. The van der Waals surface area contributed by atoms with Crippen LogP contribution < -0.4 is 5.32 Å². The van der Waals surface area contributed by atoms with Gasteiger partial charge in [0.1, 0.15) is 5.69 Å². The Labute approximate surface area is 145 Å². The van der Waals surface area contributed by atoms with Crippen molar-refractivity contribution in [3.05, 3.63) is 36.3 Å². The molecule has 1 saturated heterocycles. The highest BCUT2D eigenvalue weighted by molar-refractivity contribution is 5.94. The third kappa shape index (κ3) is 3.55. The minimum atomic E-state index is -0.112. The van der Waals surface area contributed by atoms with Crippen LogP contribution in [0, 0.1) is 5.92 Å². The SMILES string of the molecule is O=C(NC1CC1)C1CCCN(C(=O)c2cc(-c3cccnc3)n[nH]2)C1. The first-order valence-corrected chi connectivity index (χ1v) is 8.76. The highest BCUT2D eigenvalue weighted by atomic mass is 16.2. The number of aromatic amines is 1. The van der Waals surface area contributed by atoms with Crippen LogP contribution in [0.5, 0.6) is 0 Å². The van der Waals surface area contributed by atoms with Gasteiger partial charge in [-0.25, -0.2) is 0 Å². The van der Waals surface area contributed by atoms with E-state index in [4.69, 9.17) is 0 Å². The van der Waals surface area contributed by atoms with Gasteiger partial charge in [0.25, 0.3) is 5.91 Å². The fourth-order valence-corrected chi connectivity index (χ4v) is 3.19. The number of carbonyl (C=O) groups excluding carboxylic acids is 2. The number of hydrogen-bond acceptors (Lipinski definition) is 4. The second-order valence-corrected chi connectivity index (χ2v) is 6.78. The van der Waals surface area contributed by atoms with E-state index in [1.165, 1.54) is 0 Å². The highest BCUT2D eigenvalue weighted by Gasteiger charge is 2.32. The number of likely N-dealkylation sites (tertiary alicyclic amines) is 1. The monoisotopic (exact) mass is 339 g/mol. The molecule has 1 saturated carbocycles. The van der Waals surface area contributed by atoms with E-state index in [1.54, 1.807) is 23.4 Å². The van der Waals surface area contributed by atoms with Crippen LogP contribution in [0.3, 0.4) is 0 Å². The second kappa shape index (κ2) is 6.66. The van der Waals surface area contributed by atoms with E-state index in [1.807, 2.05) is 12.1 Å². The summed E-state index contributed by atoms with van der Waals surface area (Å²) in [5, 5.41) is 10.1. The Hall–Kier alpha value is -2.70. The number of H-pyrrole nitrogens is 1. The third-order valence-electron chi connectivity index (χ3n) is 4.77. The number of hydrogen-bond donors (Lipinski definition) is 2. The maximum Gasteiger partial charge on any atom is 0.271 e. The van der Waals surface area contributed by atoms with Crippen molar-refractivity contribution in [3.8, 4) is 11.3 Å². The third-order valence-corrected chi connectivity index (χ3v) is 4.77. The van der Waals surface area contributed by atoms with Crippen LogP contribution in [0.15, 0.2) is 30.6 Å². The summed E-state index contributed by atoms with van der Waals surface area (Å²) in [5.41, 5.74) is 2.00. The van der Waals surface area contributed by atoms with Gasteiger partial charge in [-0.2, -0.15) is 5.10 Å². The number of carbonyl (C=O) groups is 2. The molecule has 1 aliphatic carbocycles. The Morgan fingerprint density at radius 1 is 1.28 bits per heavy atom. The molecule has 0 bridgehead atoms. The van der Waals surface area contributed by atoms with Gasteiger partial charge in [-0.05, 0) is 43.9 Å². The van der Waals surface area contributed by atoms with E-state index in [-0.39, 0.29) is 17.7 Å². The molecule has 2 aromatic rings. The second-order valence-electron chi connectivity index (χ2n) is 6.78. The van der Waals surface area contributed by atoms with Crippen molar-refractivity contribution in [1.82, 2.24) is 25.4 Å². The summed E-state index contributed by atoms with van der Waals surface area (Å²) >= 11 is 0. The van der Waals surface area contributed by atoms with Gasteiger partial charge in [-0.15, -0.1) is 0 Å². The predicted molar refractivity (Wildman–Crippen MR) is 91.6 cm³/mol. The average Bonchev–Trinajstić information content (AvgIpc) is 3.34. The van der Waals surface area contributed by atoms with E-state index in [9.17, 15) is 9.59 Å². The summed E-state index contributed by atoms with van der Waals surface area (Å²) < 4.78 is 0. The summed E-state index contributed by atoms with van der Waals surface area (Å²) in [6.45, 7) is 1.14. The average molecular weight is 339 g/mol. The zero-order valence-corrected chi connectivity index (χ0v) is 13.9. The van der Waals surface area contributed by atoms with Crippen molar-refractivity contribution >= 4 is 11.8 Å². The molecule has 0 radical (unpaired) electrons. The minimum Gasteiger partial charge on any atom is -0.353 e. The van der Waals surface area contributed by atoms with Crippen LogP contribution in [0.4, 0.5) is 0 Å². The molecule has 1 aliphatic heterocycles. The van der Waals surface area contributed by atoms with Crippen LogP contribution in [-0.2, 0) is 4.79 Å². The van der Waals surface area contributed by atoms with Gasteiger partial charge < -0.3 is 10.2 Å². The first kappa shape index (κ1) is 15.8. The summed E-state index contributed by atoms with van der Waals surface area (Å²) in [7, 11) is 0. The molecule has 2 aromatic heterocycles. The molecule has 1 atom stereocenters. The molecule has 1 unspecified atom stereocenters. The minimum absolute atomic E-state index is 0.0839. The van der Waals surface area contributed by atoms with E-state index in [0.717, 1.165) is 31.2 Å². The summed E-state index contributed by atoms with van der Waals surface area (Å²) in [5.74, 6) is -0.133. The number of rotatable bonds is 4. The predicted octanol–water partition coefficient (Wildman–Crippen LogP) is 1.60. The number of nitrogens with one attached hydrogen (secondary N) is 2. The van der Waals surface area contributed by atoms with E-state index < -0.39 is 0 Å². The molecule has 4 rings (SSSR count). The maximum atomic E-state index is 12.8. The normalized spacial score (nSPS) is 20.3. The molecule has 2 aliphatic rings. The van der Waals surface area contributed by atoms with E-state index >= 15 is 0 Å². The molecule has 0 aromatic carbocycles. The van der Waals surface area contributed by atoms with Crippen molar-refractivity contribution < 1.29 is 9.59 Å². The lowest BCUT2D eigenvalue weighted by Crippen LogP contribution is -2.46. The molecule has 2 amide bonds. The Bertz CT molecular complexity index is 769. The van der Waals surface area contributed by atoms with Crippen molar-refractivity contribution in [2.45, 2.75) is 31.7 Å². The first-order valence-electron chi connectivity index (χ1n) is 8.76. The van der Waals surface area contributed by atoms with Gasteiger partial charge in [-0.1, -0.05) is 0 Å². The van der Waals surface area contributed by atoms with Gasteiger partial charge in [0.15, 0.2) is 0 Å². The summed E-state index contributed by atoms with van der Waals surface area (Å²) in [6, 6.07) is 5.83. The van der Waals surface area contributed by atoms with Crippen LogP contribution in [-0.4, -0.2) is 51.0 Å². The number of pyridine rings is 1. The zero-order chi connectivity index (χ0) is 17.2. The van der Waals surface area contributed by atoms with Crippen LogP contribution in [0.1, 0.15) is 36.2 Å². The topological polar surface area (TPSA) is 91.0 Å². The lowest BCUT2D eigenvalue weighted by Gasteiger charge is -2.31. The zero-order valence-electron chi connectivity index (χ0n) is 13.9. The van der Waals surface area contributed by atoms with Crippen LogP contribution >= 0.6 is 0 Å². The molecule has 7 heteroatoms.